The number of rotatable bonds is 4. The third kappa shape index (κ3) is 4.66. The molecular formula is C17H11Cl4F4N3S. The fourth-order valence-corrected chi connectivity index (χ4v) is 4.59. The zero-order valence-corrected chi connectivity index (χ0v) is 18.5. The Morgan fingerprint density at radius 3 is 1.93 bits per heavy atom. The zero-order chi connectivity index (χ0) is 21.7. The lowest BCUT2D eigenvalue weighted by molar-refractivity contribution is -0.137. The molecule has 0 saturated carbocycles. The van der Waals surface area contributed by atoms with E-state index in [1.54, 1.807) is 30.5 Å². The quantitative estimate of drug-likeness (QED) is 0.205. The molecule has 1 aromatic carbocycles. The fourth-order valence-electron chi connectivity index (χ4n) is 2.83. The van der Waals surface area contributed by atoms with Gasteiger partial charge >= 0.3 is 10.1 Å². The number of aromatic nitrogens is 3. The Labute approximate surface area is 187 Å². The summed E-state index contributed by atoms with van der Waals surface area (Å²) < 4.78 is 53.4. The molecule has 2 heterocycles. The smallest absolute Gasteiger partial charge is 0.302 e. The normalized spacial score (nSPS) is 12.6. The molecule has 3 rings (SSSR count). The minimum atomic E-state index is -4.63. The van der Waals surface area contributed by atoms with Crippen molar-refractivity contribution in [3.8, 4) is 11.5 Å². The van der Waals surface area contributed by atoms with Crippen LogP contribution in [0.2, 0.25) is 10.0 Å². The van der Waals surface area contributed by atoms with E-state index in [1.807, 2.05) is 0 Å². The van der Waals surface area contributed by atoms with Crippen LogP contribution < -0.4 is 0 Å². The highest BCUT2D eigenvalue weighted by atomic mass is 35.5. The predicted molar refractivity (Wildman–Crippen MR) is 109 cm³/mol. The molecule has 0 aliphatic heterocycles. The van der Waals surface area contributed by atoms with Gasteiger partial charge in [-0.05, 0) is 49.9 Å². The average Bonchev–Trinajstić information content (AvgIpc) is 3.07. The lowest BCUT2D eigenvalue weighted by Crippen LogP contribution is -2.12. The van der Waals surface area contributed by atoms with Crippen molar-refractivity contribution >= 4 is 58.2 Å². The van der Waals surface area contributed by atoms with Crippen molar-refractivity contribution in [2.24, 2.45) is 0 Å². The molecule has 0 spiro atoms. The minimum absolute atomic E-state index is 0.00397. The monoisotopic (exact) mass is 505 g/mol. The lowest BCUT2D eigenvalue weighted by Gasteiger charge is -2.18. The molecule has 0 atom stereocenters. The fraction of sp³-hybridized carbons (Fsp3) is 0.235. The van der Waals surface area contributed by atoms with E-state index >= 15 is 0 Å². The molecular weight excluding hydrogens is 496 g/mol. The minimum Gasteiger partial charge on any atom is -0.302 e. The number of thioether (sulfide) groups is 1. The van der Waals surface area contributed by atoms with E-state index < -0.39 is 15.7 Å². The van der Waals surface area contributed by atoms with E-state index in [9.17, 15) is 17.6 Å². The summed E-state index contributed by atoms with van der Waals surface area (Å²) in [6, 6.07) is 5.11. The van der Waals surface area contributed by atoms with E-state index in [-0.39, 0.29) is 26.4 Å². The molecule has 156 valence electrons. The number of nitrogens with zero attached hydrogens (tertiary/aromatic N) is 3. The van der Waals surface area contributed by atoms with E-state index in [2.05, 4.69) is 5.10 Å². The van der Waals surface area contributed by atoms with Crippen molar-refractivity contribution in [3.63, 3.8) is 0 Å². The molecule has 12 heteroatoms. The first-order chi connectivity index (χ1) is 13.3. The standard InChI is InChI=1S/C17H11Cl4F4N3S/c1-8-3-4-9(2)27(8)15-13(29-17(20,21)25)7-26-28(15)14-11(18)5-10(6-12(14)19)16(22,23)24/h3-7H,1-2H3. The number of aryl methyl sites for hydroxylation is 2. The second-order valence-corrected chi connectivity index (χ2v) is 9.73. The van der Waals surface area contributed by atoms with Crippen LogP contribution in [-0.4, -0.2) is 18.3 Å². The van der Waals surface area contributed by atoms with Crippen molar-refractivity contribution in [1.29, 1.82) is 0 Å². The molecule has 3 nitrogen and oxygen atoms in total. The number of benzene rings is 1. The SMILES string of the molecule is Cc1ccc(C)n1-c1c(SC(F)(Cl)Cl)cnn1-c1c(Cl)cc(C(F)(F)F)cc1Cl. The molecule has 0 saturated heterocycles. The summed E-state index contributed by atoms with van der Waals surface area (Å²) in [5.74, 6) is 0.280. The maximum Gasteiger partial charge on any atom is 0.416 e. The van der Waals surface area contributed by atoms with Crippen LogP contribution in [-0.2, 0) is 6.18 Å². The molecule has 0 aliphatic rings. The molecule has 0 radical (unpaired) electrons. The Kier molecular flexibility index (Phi) is 6.15. The van der Waals surface area contributed by atoms with Crippen LogP contribution in [0.3, 0.4) is 0 Å². The number of hydrogen-bond donors (Lipinski definition) is 0. The Hall–Kier alpha value is -1.06. The van der Waals surface area contributed by atoms with Gasteiger partial charge in [-0.2, -0.15) is 22.7 Å². The van der Waals surface area contributed by atoms with Gasteiger partial charge in [-0.1, -0.05) is 46.4 Å². The molecule has 0 amide bonds. The third-order valence-electron chi connectivity index (χ3n) is 3.98. The van der Waals surface area contributed by atoms with Crippen LogP contribution in [0, 0.1) is 13.8 Å². The van der Waals surface area contributed by atoms with Crippen molar-refractivity contribution in [2.75, 3.05) is 0 Å². The first-order valence-corrected chi connectivity index (χ1v) is 10.2. The van der Waals surface area contributed by atoms with Gasteiger partial charge < -0.3 is 4.57 Å². The molecule has 0 bridgehead atoms. The van der Waals surface area contributed by atoms with E-state index in [1.165, 1.54) is 10.9 Å². The number of halogens is 8. The van der Waals surface area contributed by atoms with E-state index in [4.69, 9.17) is 46.4 Å². The summed E-state index contributed by atoms with van der Waals surface area (Å²) in [5, 5.41) is 3.60. The lowest BCUT2D eigenvalue weighted by atomic mass is 10.2. The van der Waals surface area contributed by atoms with E-state index in [0.29, 0.717) is 11.8 Å². The first kappa shape index (κ1) is 22.6. The highest BCUT2D eigenvalue weighted by molar-refractivity contribution is 8.03. The van der Waals surface area contributed by atoms with Crippen LogP contribution in [0.5, 0.6) is 0 Å². The van der Waals surface area contributed by atoms with Crippen molar-refractivity contribution in [1.82, 2.24) is 14.3 Å². The second-order valence-electron chi connectivity index (χ2n) is 6.03. The van der Waals surface area contributed by atoms with Crippen LogP contribution in [0.4, 0.5) is 17.6 Å². The Morgan fingerprint density at radius 1 is 0.966 bits per heavy atom. The third-order valence-corrected chi connectivity index (χ3v) is 5.75. The van der Waals surface area contributed by atoms with Crippen LogP contribution >= 0.6 is 58.2 Å². The summed E-state index contributed by atoms with van der Waals surface area (Å²) in [6.07, 6.45) is -3.35. The molecule has 3 aromatic rings. The highest BCUT2D eigenvalue weighted by Crippen LogP contribution is 2.45. The van der Waals surface area contributed by atoms with Crippen LogP contribution in [0.15, 0.2) is 35.4 Å². The summed E-state index contributed by atoms with van der Waals surface area (Å²) in [5.41, 5.74) is 0.499. The number of hydrogen-bond acceptors (Lipinski definition) is 2. The summed E-state index contributed by atoms with van der Waals surface area (Å²) in [4.78, 5) is 0.229. The van der Waals surface area contributed by atoms with Crippen molar-refractivity contribution < 1.29 is 17.6 Å². The second kappa shape index (κ2) is 7.89. The van der Waals surface area contributed by atoms with Crippen LogP contribution in [0.25, 0.3) is 11.5 Å². The summed E-state index contributed by atoms with van der Waals surface area (Å²) in [6.45, 7) is 3.58. The Balaban J connectivity index is 2.29. The Bertz CT molecular complexity index is 1030. The molecule has 0 N–H and O–H groups in total. The summed E-state index contributed by atoms with van der Waals surface area (Å²) in [7, 11) is 0. The van der Waals surface area contributed by atoms with Gasteiger partial charge in [-0.25, -0.2) is 4.68 Å². The van der Waals surface area contributed by atoms with Gasteiger partial charge in [0.15, 0.2) is 5.82 Å². The molecule has 0 unspecified atom stereocenters. The number of alkyl halides is 6. The molecule has 0 fully saturated rings. The van der Waals surface area contributed by atoms with Gasteiger partial charge in [0.25, 0.3) is 0 Å². The van der Waals surface area contributed by atoms with E-state index in [0.717, 1.165) is 23.5 Å². The van der Waals surface area contributed by atoms with Gasteiger partial charge in [0.05, 0.1) is 26.7 Å². The first-order valence-electron chi connectivity index (χ1n) is 7.85. The van der Waals surface area contributed by atoms with Crippen molar-refractivity contribution in [3.05, 3.63) is 57.5 Å². The topological polar surface area (TPSA) is 22.8 Å². The predicted octanol–water partition coefficient (Wildman–Crippen LogP) is 7.76. The maximum atomic E-state index is 13.9. The highest BCUT2D eigenvalue weighted by Gasteiger charge is 2.34. The summed E-state index contributed by atoms with van der Waals surface area (Å²) >= 11 is 23.8. The maximum absolute atomic E-state index is 13.9. The van der Waals surface area contributed by atoms with Gasteiger partial charge in [0, 0.05) is 11.4 Å². The van der Waals surface area contributed by atoms with Gasteiger partial charge in [-0.3, -0.25) is 0 Å². The largest absolute Gasteiger partial charge is 0.416 e. The van der Waals surface area contributed by atoms with Gasteiger partial charge in [0.1, 0.15) is 5.69 Å². The average molecular weight is 507 g/mol. The Morgan fingerprint density at radius 2 is 1.48 bits per heavy atom. The molecule has 29 heavy (non-hydrogen) atoms. The van der Waals surface area contributed by atoms with Crippen LogP contribution in [0.1, 0.15) is 17.0 Å². The van der Waals surface area contributed by atoms with Gasteiger partial charge in [0.2, 0.25) is 0 Å². The van der Waals surface area contributed by atoms with Crippen molar-refractivity contribution in [2.45, 2.75) is 28.8 Å². The molecule has 0 aliphatic carbocycles. The zero-order valence-electron chi connectivity index (χ0n) is 14.7. The van der Waals surface area contributed by atoms with Gasteiger partial charge in [-0.15, -0.1) is 0 Å². The molecule has 2 aromatic heterocycles.